The van der Waals surface area contributed by atoms with Crippen molar-refractivity contribution in [2.24, 2.45) is 5.92 Å². The molecule has 2 N–H and O–H groups in total. The van der Waals surface area contributed by atoms with Crippen LogP contribution in [0.3, 0.4) is 0 Å². The van der Waals surface area contributed by atoms with E-state index in [9.17, 15) is 14.4 Å². The lowest BCUT2D eigenvalue weighted by molar-refractivity contribution is -0.119. The fourth-order valence-electron chi connectivity index (χ4n) is 2.49. The minimum absolute atomic E-state index is 0.276. The van der Waals surface area contributed by atoms with Gasteiger partial charge < -0.3 is 20.1 Å². The number of ether oxygens (including phenoxy) is 2. The number of hydrogen-bond acceptors (Lipinski definition) is 5. The van der Waals surface area contributed by atoms with Crippen LogP contribution in [0, 0.1) is 5.92 Å². The molecule has 2 aromatic carbocycles. The molecule has 0 aromatic heterocycles. The maximum absolute atomic E-state index is 12.3. The lowest BCUT2D eigenvalue weighted by atomic mass is 10.1. The van der Waals surface area contributed by atoms with E-state index in [2.05, 4.69) is 10.6 Å². The van der Waals surface area contributed by atoms with Gasteiger partial charge >= 0.3 is 5.97 Å². The predicted molar refractivity (Wildman–Crippen MR) is 115 cm³/mol. The van der Waals surface area contributed by atoms with E-state index in [1.54, 1.807) is 48.5 Å². The van der Waals surface area contributed by atoms with Gasteiger partial charge in [-0.3, -0.25) is 9.59 Å². The van der Waals surface area contributed by atoms with Gasteiger partial charge in [0.15, 0.2) is 6.61 Å². The summed E-state index contributed by atoms with van der Waals surface area (Å²) in [4.78, 5) is 36.7. The first-order valence-corrected chi connectivity index (χ1v) is 9.97. The van der Waals surface area contributed by atoms with Gasteiger partial charge in [0.05, 0.1) is 23.4 Å². The smallest absolute Gasteiger partial charge is 0.338 e. The molecule has 0 unspecified atom stereocenters. The van der Waals surface area contributed by atoms with E-state index in [0.29, 0.717) is 41.6 Å². The van der Waals surface area contributed by atoms with E-state index >= 15 is 0 Å². The van der Waals surface area contributed by atoms with Crippen molar-refractivity contribution in [3.63, 3.8) is 0 Å². The van der Waals surface area contributed by atoms with Gasteiger partial charge in [0, 0.05) is 6.54 Å². The van der Waals surface area contributed by atoms with Crippen molar-refractivity contribution in [1.29, 1.82) is 0 Å². The lowest BCUT2D eigenvalue weighted by Crippen LogP contribution is -2.29. The van der Waals surface area contributed by atoms with Crippen molar-refractivity contribution >= 4 is 23.5 Å². The molecule has 7 heteroatoms. The molecule has 0 bridgehead atoms. The number of benzene rings is 2. The zero-order valence-electron chi connectivity index (χ0n) is 17.6. The van der Waals surface area contributed by atoms with Crippen LogP contribution in [-0.4, -0.2) is 37.5 Å². The standard InChI is InChI=1S/C23H28N2O5/c1-4-13-29-18-11-9-17(10-12-18)23(28)30-15-21(26)25-20-8-6-5-7-19(20)22(27)24-14-16(2)3/h5-12,16H,4,13-15H2,1-3H3,(H,24,27)(H,25,26). The summed E-state index contributed by atoms with van der Waals surface area (Å²) < 4.78 is 10.5. The number of anilines is 1. The van der Waals surface area contributed by atoms with Crippen LogP contribution < -0.4 is 15.4 Å². The van der Waals surface area contributed by atoms with Crippen molar-refractivity contribution in [3.8, 4) is 5.75 Å². The Balaban J connectivity index is 1.90. The first-order chi connectivity index (χ1) is 14.4. The first-order valence-electron chi connectivity index (χ1n) is 9.97. The third-order valence-electron chi connectivity index (χ3n) is 4.01. The number of rotatable bonds is 10. The Labute approximate surface area is 176 Å². The second kappa shape index (κ2) is 11.6. The van der Waals surface area contributed by atoms with Crippen molar-refractivity contribution < 1.29 is 23.9 Å². The largest absolute Gasteiger partial charge is 0.494 e. The summed E-state index contributed by atoms with van der Waals surface area (Å²) in [6.07, 6.45) is 0.890. The zero-order chi connectivity index (χ0) is 21.9. The van der Waals surface area contributed by atoms with E-state index in [1.165, 1.54) is 0 Å². The summed E-state index contributed by atoms with van der Waals surface area (Å²) in [5.74, 6) is -0.451. The Hall–Kier alpha value is -3.35. The van der Waals surface area contributed by atoms with E-state index in [0.717, 1.165) is 6.42 Å². The number of esters is 1. The second-order valence-corrected chi connectivity index (χ2v) is 7.15. The number of amides is 2. The van der Waals surface area contributed by atoms with Crippen molar-refractivity contribution in [2.75, 3.05) is 25.1 Å². The zero-order valence-corrected chi connectivity index (χ0v) is 17.6. The van der Waals surface area contributed by atoms with E-state index in [1.807, 2.05) is 20.8 Å². The molecule has 7 nitrogen and oxygen atoms in total. The Morgan fingerprint density at radius 2 is 1.70 bits per heavy atom. The highest BCUT2D eigenvalue weighted by Crippen LogP contribution is 2.16. The van der Waals surface area contributed by atoms with Gasteiger partial charge in [-0.2, -0.15) is 0 Å². The maximum Gasteiger partial charge on any atom is 0.338 e. The summed E-state index contributed by atoms with van der Waals surface area (Å²) in [6.45, 7) is 6.66. The van der Waals surface area contributed by atoms with E-state index in [4.69, 9.17) is 9.47 Å². The van der Waals surface area contributed by atoms with Crippen LogP contribution in [0.2, 0.25) is 0 Å². The molecule has 160 valence electrons. The highest BCUT2D eigenvalue weighted by molar-refractivity contribution is 6.04. The summed E-state index contributed by atoms with van der Waals surface area (Å²) in [5, 5.41) is 5.44. The summed E-state index contributed by atoms with van der Waals surface area (Å²) in [5.41, 5.74) is 1.03. The SMILES string of the molecule is CCCOc1ccc(C(=O)OCC(=O)Nc2ccccc2C(=O)NCC(C)C)cc1. The molecule has 0 aliphatic rings. The fraction of sp³-hybridized carbons (Fsp3) is 0.348. The van der Waals surface area contributed by atoms with Gasteiger partial charge in [-0.05, 0) is 48.7 Å². The normalized spacial score (nSPS) is 10.4. The molecule has 0 aliphatic heterocycles. The van der Waals surface area contributed by atoms with E-state index < -0.39 is 18.5 Å². The molecular formula is C23H28N2O5. The number of hydrogen-bond donors (Lipinski definition) is 2. The van der Waals surface area contributed by atoms with Crippen LogP contribution in [0.4, 0.5) is 5.69 Å². The minimum Gasteiger partial charge on any atom is -0.494 e. The molecule has 2 aromatic rings. The van der Waals surface area contributed by atoms with Gasteiger partial charge in [-0.1, -0.05) is 32.9 Å². The first kappa shape index (κ1) is 22.9. The molecule has 0 aliphatic carbocycles. The molecule has 0 fully saturated rings. The summed E-state index contributed by atoms with van der Waals surface area (Å²) >= 11 is 0. The van der Waals surface area contributed by atoms with E-state index in [-0.39, 0.29) is 5.91 Å². The van der Waals surface area contributed by atoms with Gasteiger partial charge in [0.1, 0.15) is 5.75 Å². The Kier molecular flexibility index (Phi) is 8.87. The molecule has 0 heterocycles. The molecule has 0 saturated carbocycles. The number of para-hydroxylation sites is 1. The van der Waals surface area contributed by atoms with Crippen LogP contribution in [0.1, 0.15) is 47.9 Å². The highest BCUT2D eigenvalue weighted by Gasteiger charge is 2.15. The highest BCUT2D eigenvalue weighted by atomic mass is 16.5. The van der Waals surface area contributed by atoms with Gasteiger partial charge in [0.25, 0.3) is 11.8 Å². The second-order valence-electron chi connectivity index (χ2n) is 7.15. The van der Waals surface area contributed by atoms with Gasteiger partial charge in [-0.25, -0.2) is 4.79 Å². The molecule has 2 amide bonds. The average Bonchev–Trinajstić information content (AvgIpc) is 2.75. The fourth-order valence-corrected chi connectivity index (χ4v) is 2.49. The third-order valence-corrected chi connectivity index (χ3v) is 4.01. The molecule has 0 radical (unpaired) electrons. The molecule has 0 atom stereocenters. The number of nitrogens with one attached hydrogen (secondary N) is 2. The Morgan fingerprint density at radius 1 is 1.00 bits per heavy atom. The molecule has 0 saturated heterocycles. The Bertz CT molecular complexity index is 862. The van der Waals surface area contributed by atoms with Crippen LogP contribution in [0.15, 0.2) is 48.5 Å². The average molecular weight is 412 g/mol. The monoisotopic (exact) mass is 412 g/mol. The molecule has 2 rings (SSSR count). The van der Waals surface area contributed by atoms with Crippen molar-refractivity contribution in [1.82, 2.24) is 5.32 Å². The van der Waals surface area contributed by atoms with Crippen LogP contribution in [0.5, 0.6) is 5.75 Å². The van der Waals surface area contributed by atoms with Crippen LogP contribution in [-0.2, 0) is 9.53 Å². The molecule has 30 heavy (non-hydrogen) atoms. The molecular weight excluding hydrogens is 384 g/mol. The van der Waals surface area contributed by atoms with Crippen LogP contribution in [0.25, 0.3) is 0 Å². The maximum atomic E-state index is 12.3. The van der Waals surface area contributed by atoms with Gasteiger partial charge in [0.2, 0.25) is 0 Å². The van der Waals surface area contributed by atoms with Crippen LogP contribution >= 0.6 is 0 Å². The quantitative estimate of drug-likeness (QED) is 0.581. The summed E-state index contributed by atoms with van der Waals surface area (Å²) in [7, 11) is 0. The number of carbonyl (C=O) groups excluding carboxylic acids is 3. The van der Waals surface area contributed by atoms with Crippen molar-refractivity contribution in [2.45, 2.75) is 27.2 Å². The minimum atomic E-state index is -0.616. The lowest BCUT2D eigenvalue weighted by Gasteiger charge is -2.12. The number of carbonyl (C=O) groups is 3. The summed E-state index contributed by atoms with van der Waals surface area (Å²) in [6, 6.07) is 13.2. The topological polar surface area (TPSA) is 93.7 Å². The third kappa shape index (κ3) is 7.24. The predicted octanol–water partition coefficient (Wildman–Crippen LogP) is 3.66. The van der Waals surface area contributed by atoms with Gasteiger partial charge in [-0.15, -0.1) is 0 Å². The molecule has 0 spiro atoms. The Morgan fingerprint density at radius 3 is 2.37 bits per heavy atom. The van der Waals surface area contributed by atoms with Crippen molar-refractivity contribution in [3.05, 3.63) is 59.7 Å².